The SMILES string of the molecule is C.C.CCC(=O)CCOCC(COCCC(N)=O)(COCCC(=O)NC)COCCC(=O)NC.CNC(=O)CCCCOCC(COCCCCC(=O)NC)(COCCCCC(=O)NC)COCCCCC(=O)NC. The average Bonchev–Trinajstić information content (AvgIpc) is 3.39. The van der Waals surface area contributed by atoms with E-state index in [0.717, 1.165) is 51.4 Å². The van der Waals surface area contributed by atoms with Crippen LogP contribution in [0.1, 0.15) is 131 Å². The largest absolute Gasteiger partial charge is 0.381 e. The summed E-state index contributed by atoms with van der Waals surface area (Å²) in [6, 6.07) is 0. The van der Waals surface area contributed by atoms with Gasteiger partial charge in [0.15, 0.2) is 0 Å². The number of hydrogen-bond acceptors (Lipinski definition) is 16. The molecule has 0 radical (unpaired) electrons. The van der Waals surface area contributed by atoms with E-state index < -0.39 is 16.7 Å². The number of carbonyl (C=O) groups is 8. The molecule has 0 heterocycles. The Bertz CT molecular complexity index is 1320. The molecular weight excluding hydrogens is 979 g/mol. The van der Waals surface area contributed by atoms with Gasteiger partial charge in [-0.05, 0) is 51.4 Å². The lowest BCUT2D eigenvalue weighted by atomic mass is 9.92. The van der Waals surface area contributed by atoms with Crippen LogP contribution in [0.5, 0.6) is 0 Å². The number of rotatable bonds is 49. The summed E-state index contributed by atoms with van der Waals surface area (Å²) in [5, 5.41) is 15.6. The molecule has 0 aromatic carbocycles. The van der Waals surface area contributed by atoms with E-state index in [2.05, 4.69) is 31.9 Å². The lowest BCUT2D eigenvalue weighted by molar-refractivity contribution is -0.128. The second kappa shape index (κ2) is 53.1. The maximum Gasteiger partial charge on any atom is 0.222 e. The summed E-state index contributed by atoms with van der Waals surface area (Å²) in [5.74, 6) is -0.630. The summed E-state index contributed by atoms with van der Waals surface area (Å²) < 4.78 is 47.0. The van der Waals surface area contributed by atoms with Crippen molar-refractivity contribution in [3.8, 4) is 0 Å². The number of ether oxygens (including phenoxy) is 8. The second-order valence-corrected chi connectivity index (χ2v) is 17.6. The van der Waals surface area contributed by atoms with Crippen molar-refractivity contribution >= 4 is 47.1 Å². The van der Waals surface area contributed by atoms with Crippen molar-refractivity contribution in [2.45, 2.75) is 131 Å². The number of primary amides is 1. The predicted molar refractivity (Wildman–Crippen MR) is 288 cm³/mol. The van der Waals surface area contributed by atoms with Gasteiger partial charge >= 0.3 is 0 Å². The zero-order valence-electron chi connectivity index (χ0n) is 45.4. The lowest BCUT2D eigenvalue weighted by Crippen LogP contribution is -2.42. The third kappa shape index (κ3) is 47.8. The molecule has 7 amide bonds. The van der Waals surface area contributed by atoms with Gasteiger partial charge < -0.3 is 75.5 Å². The van der Waals surface area contributed by atoms with Gasteiger partial charge in [0.25, 0.3) is 0 Å². The Morgan fingerprint density at radius 1 is 0.320 bits per heavy atom. The Kier molecular flexibility index (Phi) is 54.6. The van der Waals surface area contributed by atoms with E-state index >= 15 is 0 Å². The van der Waals surface area contributed by atoms with E-state index in [9.17, 15) is 38.4 Å². The van der Waals surface area contributed by atoms with Crippen LogP contribution in [-0.4, -0.2) is 195 Å². The van der Waals surface area contributed by atoms with Crippen LogP contribution in [0, 0.1) is 10.8 Å². The molecule has 442 valence electrons. The molecule has 0 aliphatic heterocycles. The highest BCUT2D eigenvalue weighted by Gasteiger charge is 2.34. The third-order valence-corrected chi connectivity index (χ3v) is 11.1. The zero-order valence-corrected chi connectivity index (χ0v) is 45.4. The molecule has 0 aromatic rings. The highest BCUT2D eigenvalue weighted by atomic mass is 16.5. The molecule has 23 heteroatoms. The fourth-order valence-electron chi connectivity index (χ4n) is 6.38. The number of ketones is 1. The summed E-state index contributed by atoms with van der Waals surface area (Å²) in [4.78, 5) is 91.3. The Morgan fingerprint density at radius 3 is 0.760 bits per heavy atom. The van der Waals surface area contributed by atoms with Gasteiger partial charge in [0.2, 0.25) is 41.4 Å². The van der Waals surface area contributed by atoms with Crippen LogP contribution in [0.15, 0.2) is 0 Å². The maximum absolute atomic E-state index is 11.5. The van der Waals surface area contributed by atoms with Gasteiger partial charge in [0.1, 0.15) is 5.78 Å². The summed E-state index contributed by atoms with van der Waals surface area (Å²) in [6.45, 7) is 6.62. The van der Waals surface area contributed by atoms with Crippen molar-refractivity contribution in [2.24, 2.45) is 16.6 Å². The van der Waals surface area contributed by atoms with Crippen molar-refractivity contribution in [1.82, 2.24) is 31.9 Å². The van der Waals surface area contributed by atoms with Crippen molar-refractivity contribution in [3.05, 3.63) is 0 Å². The molecule has 75 heavy (non-hydrogen) atoms. The number of hydrogen-bond donors (Lipinski definition) is 7. The van der Waals surface area contributed by atoms with Gasteiger partial charge in [-0.3, -0.25) is 38.4 Å². The molecule has 0 aromatic heterocycles. The topological polar surface area (TPSA) is 309 Å². The standard InChI is InChI=1S/C29H56N4O8.C21H39N3O8.2CH4/c1-30-25(34)13-5-9-17-38-21-29(22-39-18-10-6-14-26(35)31-2,23-40-19-11-7-15-27(36)32-3)24-41-20-12-8-16-28(37)33-4;1-4-17(25)5-9-29-13-21(14-30-10-6-18(22)26,15-31-11-7-19(27)23-2)16-32-12-8-20(28)24-3;;/h5-24H2,1-4H3,(H,30,34)(H,31,35)(H,32,36)(H,33,37);4-16H2,1-3H3,(H2,22,26)(H,23,27)(H,24,28);2*1H4. The van der Waals surface area contributed by atoms with Gasteiger partial charge in [-0.25, -0.2) is 0 Å². The number of nitrogens with one attached hydrogen (secondary N) is 6. The first kappa shape index (κ1) is 77.1. The molecule has 0 atom stereocenters. The summed E-state index contributed by atoms with van der Waals surface area (Å²) in [5.41, 5.74) is 3.84. The maximum atomic E-state index is 11.5. The molecule has 0 aliphatic carbocycles. The average molecular weight is 1080 g/mol. The molecule has 0 bridgehead atoms. The Morgan fingerprint density at radius 2 is 0.533 bits per heavy atom. The summed E-state index contributed by atoms with van der Waals surface area (Å²) >= 11 is 0. The fraction of sp³-hybridized carbons (Fsp3) is 0.846. The molecule has 0 rings (SSSR count). The Labute approximate surface area is 449 Å². The number of carbonyl (C=O) groups excluding carboxylic acids is 8. The monoisotopic (exact) mass is 1080 g/mol. The van der Waals surface area contributed by atoms with Crippen molar-refractivity contribution < 1.29 is 76.3 Å². The minimum atomic E-state index is -0.766. The highest BCUT2D eigenvalue weighted by molar-refractivity contribution is 5.78. The third-order valence-electron chi connectivity index (χ3n) is 11.1. The molecule has 8 N–H and O–H groups in total. The van der Waals surface area contributed by atoms with Gasteiger partial charge in [-0.1, -0.05) is 21.8 Å². The molecular formula is C52H103N7O16. The molecule has 0 spiro atoms. The van der Waals surface area contributed by atoms with Crippen LogP contribution in [0.25, 0.3) is 0 Å². The van der Waals surface area contributed by atoms with Crippen LogP contribution in [0.3, 0.4) is 0 Å². The first-order valence-electron chi connectivity index (χ1n) is 25.8. The number of amides is 7. The molecule has 0 fully saturated rings. The zero-order chi connectivity index (χ0) is 54.9. The van der Waals surface area contributed by atoms with Crippen molar-refractivity contribution in [1.29, 1.82) is 0 Å². The van der Waals surface area contributed by atoms with Gasteiger partial charge in [-0.2, -0.15) is 0 Å². The van der Waals surface area contributed by atoms with Gasteiger partial charge in [0.05, 0.1) is 90.1 Å². The predicted octanol–water partition coefficient (Wildman–Crippen LogP) is 2.53. The highest BCUT2D eigenvalue weighted by Crippen LogP contribution is 2.23. The van der Waals surface area contributed by atoms with Crippen LogP contribution in [0.2, 0.25) is 0 Å². The van der Waals surface area contributed by atoms with E-state index in [1.165, 1.54) is 0 Å². The quantitative estimate of drug-likeness (QED) is 0.0431. The molecule has 0 aliphatic rings. The van der Waals surface area contributed by atoms with E-state index in [1.807, 2.05) is 0 Å². The van der Waals surface area contributed by atoms with Crippen molar-refractivity contribution in [2.75, 3.05) is 148 Å². The minimum Gasteiger partial charge on any atom is -0.381 e. The van der Waals surface area contributed by atoms with Crippen LogP contribution < -0.4 is 37.6 Å². The fourth-order valence-corrected chi connectivity index (χ4v) is 6.38. The van der Waals surface area contributed by atoms with Crippen LogP contribution >= 0.6 is 0 Å². The molecule has 0 saturated carbocycles. The normalized spacial score (nSPS) is 10.9. The lowest BCUT2D eigenvalue weighted by Gasteiger charge is -2.33. The second-order valence-electron chi connectivity index (χ2n) is 17.6. The summed E-state index contributed by atoms with van der Waals surface area (Å²) in [7, 11) is 9.60. The Balaban J connectivity index is -0.000000674. The first-order chi connectivity index (χ1) is 35.1. The van der Waals surface area contributed by atoms with Gasteiger partial charge in [0, 0.05) is 127 Å². The smallest absolute Gasteiger partial charge is 0.222 e. The number of unbranched alkanes of at least 4 members (excludes halogenated alkanes) is 4. The van der Waals surface area contributed by atoms with Gasteiger partial charge in [-0.15, -0.1) is 0 Å². The van der Waals surface area contributed by atoms with Crippen LogP contribution in [0.4, 0.5) is 0 Å². The van der Waals surface area contributed by atoms with E-state index in [0.29, 0.717) is 91.4 Å². The minimum absolute atomic E-state index is 0. The van der Waals surface area contributed by atoms with Crippen molar-refractivity contribution in [3.63, 3.8) is 0 Å². The number of nitrogens with two attached hydrogens (primary N) is 1. The molecule has 23 nitrogen and oxygen atoms in total. The van der Waals surface area contributed by atoms with E-state index in [4.69, 9.17) is 43.6 Å². The van der Waals surface area contributed by atoms with Crippen LogP contribution in [-0.2, 0) is 76.3 Å². The van der Waals surface area contributed by atoms with E-state index in [-0.39, 0.29) is 128 Å². The molecule has 0 saturated heterocycles. The first-order valence-corrected chi connectivity index (χ1v) is 25.8. The Hall–Kier alpha value is -4.36. The molecule has 0 unspecified atom stereocenters. The number of Topliss-reactive ketones (excluding diaryl/α,β-unsaturated/α-hetero) is 1. The van der Waals surface area contributed by atoms with E-state index in [1.54, 1.807) is 49.2 Å². The summed E-state index contributed by atoms with van der Waals surface area (Å²) in [6.07, 6.45) is 8.99.